The number of imidazole rings is 1. The first-order valence-electron chi connectivity index (χ1n) is 5.70. The molecule has 2 aromatic heterocycles. The van der Waals surface area contributed by atoms with Gasteiger partial charge in [0.25, 0.3) is 0 Å². The molecular formula is C13H16N2O2. The smallest absolute Gasteiger partial charge is 0.356 e. The van der Waals surface area contributed by atoms with Crippen LogP contribution in [0.5, 0.6) is 0 Å². The van der Waals surface area contributed by atoms with E-state index < -0.39 is 5.97 Å². The fourth-order valence-corrected chi connectivity index (χ4v) is 1.92. The van der Waals surface area contributed by atoms with Crippen LogP contribution in [0.25, 0.3) is 5.52 Å². The Morgan fingerprint density at radius 1 is 1.53 bits per heavy atom. The lowest BCUT2D eigenvalue weighted by atomic mass is 10.1. The van der Waals surface area contributed by atoms with Gasteiger partial charge in [-0.2, -0.15) is 0 Å². The number of fused-ring (bicyclic) bond motifs is 1. The van der Waals surface area contributed by atoms with Gasteiger partial charge in [0.05, 0.1) is 5.52 Å². The van der Waals surface area contributed by atoms with E-state index >= 15 is 0 Å². The highest BCUT2D eigenvalue weighted by Gasteiger charge is 2.16. The number of nitrogens with zero attached hydrogens (tertiary/aromatic N) is 2. The Morgan fingerprint density at radius 2 is 2.24 bits per heavy atom. The number of aromatic carboxylic acids is 1. The van der Waals surface area contributed by atoms with Crippen molar-refractivity contribution >= 4 is 11.5 Å². The van der Waals surface area contributed by atoms with Gasteiger partial charge in [0, 0.05) is 12.6 Å². The molecule has 0 fully saturated rings. The van der Waals surface area contributed by atoms with Gasteiger partial charge in [0.1, 0.15) is 5.82 Å². The van der Waals surface area contributed by atoms with Gasteiger partial charge >= 0.3 is 5.97 Å². The molecule has 1 N–H and O–H groups in total. The third kappa shape index (κ3) is 2.16. The molecule has 0 aliphatic carbocycles. The van der Waals surface area contributed by atoms with Crippen LogP contribution in [0.2, 0.25) is 0 Å². The molecule has 4 nitrogen and oxygen atoms in total. The Hall–Kier alpha value is -1.84. The summed E-state index contributed by atoms with van der Waals surface area (Å²) >= 11 is 0. The van der Waals surface area contributed by atoms with Crippen molar-refractivity contribution in [3.05, 3.63) is 35.4 Å². The lowest BCUT2D eigenvalue weighted by Gasteiger charge is -2.04. The average Bonchev–Trinajstić information content (AvgIpc) is 2.55. The maximum absolute atomic E-state index is 11.1. The summed E-state index contributed by atoms with van der Waals surface area (Å²) in [6.45, 7) is 6.13. The first-order valence-corrected chi connectivity index (χ1v) is 5.70. The van der Waals surface area contributed by atoms with E-state index in [-0.39, 0.29) is 5.69 Å². The molecule has 0 aliphatic heterocycles. The van der Waals surface area contributed by atoms with Crippen molar-refractivity contribution in [3.8, 4) is 0 Å². The molecule has 90 valence electrons. The Morgan fingerprint density at radius 3 is 2.82 bits per heavy atom. The van der Waals surface area contributed by atoms with Crippen molar-refractivity contribution in [2.75, 3.05) is 0 Å². The predicted molar refractivity (Wildman–Crippen MR) is 65.4 cm³/mol. The van der Waals surface area contributed by atoms with Crippen molar-refractivity contribution in [1.29, 1.82) is 0 Å². The quantitative estimate of drug-likeness (QED) is 0.884. The van der Waals surface area contributed by atoms with Gasteiger partial charge < -0.3 is 9.51 Å². The van der Waals surface area contributed by atoms with E-state index in [4.69, 9.17) is 5.11 Å². The Kier molecular flexibility index (Phi) is 2.88. The highest BCUT2D eigenvalue weighted by atomic mass is 16.4. The van der Waals surface area contributed by atoms with Crippen molar-refractivity contribution in [2.45, 2.75) is 27.2 Å². The van der Waals surface area contributed by atoms with Gasteiger partial charge in [-0.05, 0) is 30.5 Å². The number of hydrogen-bond donors (Lipinski definition) is 1. The van der Waals surface area contributed by atoms with Crippen LogP contribution in [0.15, 0.2) is 18.3 Å². The third-order valence-electron chi connectivity index (χ3n) is 2.67. The second-order valence-electron chi connectivity index (χ2n) is 4.74. The minimum absolute atomic E-state index is 0.143. The van der Waals surface area contributed by atoms with Crippen molar-refractivity contribution < 1.29 is 9.90 Å². The number of aromatic nitrogens is 2. The average molecular weight is 232 g/mol. The Labute approximate surface area is 99.9 Å². The standard InChI is InChI=1S/C13H16N2O2/c1-8(2)6-11-14-12(13(16)17)10-7-9(3)4-5-15(10)11/h4-5,7-8H,6H2,1-3H3,(H,16,17). The van der Waals surface area contributed by atoms with Crippen LogP contribution < -0.4 is 0 Å². The van der Waals surface area contributed by atoms with E-state index in [1.807, 2.05) is 29.7 Å². The summed E-state index contributed by atoms with van der Waals surface area (Å²) in [6.07, 6.45) is 2.67. The maximum Gasteiger partial charge on any atom is 0.356 e. The molecule has 0 atom stereocenters. The van der Waals surface area contributed by atoms with Crippen molar-refractivity contribution in [1.82, 2.24) is 9.38 Å². The van der Waals surface area contributed by atoms with Crippen LogP contribution in [0.1, 0.15) is 35.7 Å². The lowest BCUT2D eigenvalue weighted by Crippen LogP contribution is -2.00. The SMILES string of the molecule is Cc1ccn2c(CC(C)C)nc(C(=O)O)c2c1. The van der Waals surface area contributed by atoms with Crippen molar-refractivity contribution in [3.63, 3.8) is 0 Å². The van der Waals surface area contributed by atoms with Crippen LogP contribution in [0.4, 0.5) is 0 Å². The zero-order valence-corrected chi connectivity index (χ0v) is 10.3. The first-order chi connectivity index (χ1) is 7.99. The number of rotatable bonds is 3. The van der Waals surface area contributed by atoms with Crippen LogP contribution >= 0.6 is 0 Å². The molecule has 17 heavy (non-hydrogen) atoms. The van der Waals surface area contributed by atoms with E-state index in [2.05, 4.69) is 18.8 Å². The first kappa shape index (κ1) is 11.6. The fraction of sp³-hybridized carbons (Fsp3) is 0.385. The van der Waals surface area contributed by atoms with E-state index in [1.54, 1.807) is 0 Å². The molecule has 4 heteroatoms. The molecule has 0 aromatic carbocycles. The predicted octanol–water partition coefficient (Wildman–Crippen LogP) is 2.54. The third-order valence-corrected chi connectivity index (χ3v) is 2.67. The summed E-state index contributed by atoms with van der Waals surface area (Å²) in [5.41, 5.74) is 1.86. The summed E-state index contributed by atoms with van der Waals surface area (Å²) < 4.78 is 1.87. The van der Waals surface area contributed by atoms with Gasteiger partial charge in [0.2, 0.25) is 0 Å². The van der Waals surface area contributed by atoms with E-state index in [0.717, 1.165) is 17.8 Å². The molecule has 0 amide bonds. The molecule has 2 heterocycles. The monoisotopic (exact) mass is 232 g/mol. The van der Waals surface area contributed by atoms with Crippen LogP contribution in [0, 0.1) is 12.8 Å². The Balaban J connectivity index is 2.66. The minimum Gasteiger partial charge on any atom is -0.476 e. The highest BCUT2D eigenvalue weighted by Crippen LogP contribution is 2.17. The van der Waals surface area contributed by atoms with E-state index in [1.165, 1.54) is 0 Å². The molecule has 0 aliphatic rings. The van der Waals surface area contributed by atoms with Gasteiger partial charge in [0.15, 0.2) is 5.69 Å². The summed E-state index contributed by atoms with van der Waals surface area (Å²) in [7, 11) is 0. The second kappa shape index (κ2) is 4.20. The molecule has 0 spiro atoms. The normalized spacial score (nSPS) is 11.3. The molecule has 0 unspecified atom stereocenters. The summed E-state index contributed by atoms with van der Waals surface area (Å²) in [5, 5.41) is 9.15. The van der Waals surface area contributed by atoms with E-state index in [9.17, 15) is 4.79 Å². The molecule has 0 saturated heterocycles. The zero-order chi connectivity index (χ0) is 12.6. The van der Waals surface area contributed by atoms with Crippen LogP contribution in [-0.2, 0) is 6.42 Å². The number of carboxylic acids is 1. The molecule has 0 bridgehead atoms. The van der Waals surface area contributed by atoms with E-state index in [0.29, 0.717) is 11.4 Å². The fourth-order valence-electron chi connectivity index (χ4n) is 1.92. The van der Waals surface area contributed by atoms with Crippen LogP contribution in [-0.4, -0.2) is 20.5 Å². The van der Waals surface area contributed by atoms with Crippen LogP contribution in [0.3, 0.4) is 0 Å². The molecule has 0 saturated carbocycles. The van der Waals surface area contributed by atoms with Gasteiger partial charge in [-0.3, -0.25) is 0 Å². The summed E-state index contributed by atoms with van der Waals surface area (Å²) in [6, 6.07) is 3.82. The number of carbonyl (C=O) groups is 1. The minimum atomic E-state index is -0.969. The maximum atomic E-state index is 11.1. The van der Waals surface area contributed by atoms with Gasteiger partial charge in [-0.15, -0.1) is 0 Å². The number of carboxylic acid groups (broad SMARTS) is 1. The second-order valence-corrected chi connectivity index (χ2v) is 4.74. The topological polar surface area (TPSA) is 54.6 Å². The number of aryl methyl sites for hydroxylation is 1. The Bertz CT molecular complexity index is 570. The highest BCUT2D eigenvalue weighted by molar-refractivity contribution is 5.93. The zero-order valence-electron chi connectivity index (χ0n) is 10.3. The van der Waals surface area contributed by atoms with Gasteiger partial charge in [-0.25, -0.2) is 9.78 Å². The molecule has 2 aromatic rings. The van der Waals surface area contributed by atoms with Gasteiger partial charge in [-0.1, -0.05) is 13.8 Å². The number of pyridine rings is 1. The summed E-state index contributed by atoms with van der Waals surface area (Å²) in [4.78, 5) is 15.4. The molecule has 2 rings (SSSR count). The van der Waals surface area contributed by atoms with Crippen molar-refractivity contribution in [2.24, 2.45) is 5.92 Å². The summed E-state index contributed by atoms with van der Waals surface area (Å²) in [5.74, 6) is 0.291. The molecular weight excluding hydrogens is 216 g/mol. The molecule has 0 radical (unpaired) electrons. The lowest BCUT2D eigenvalue weighted by molar-refractivity contribution is 0.0693. The largest absolute Gasteiger partial charge is 0.476 e. The number of hydrogen-bond acceptors (Lipinski definition) is 2.